The van der Waals surface area contributed by atoms with Gasteiger partial charge in [0.15, 0.2) is 0 Å². The number of benzene rings is 1. The highest BCUT2D eigenvalue weighted by atomic mass is 35.5. The summed E-state index contributed by atoms with van der Waals surface area (Å²) in [5, 5.41) is 20.5. The Balaban J connectivity index is 2.32. The van der Waals surface area contributed by atoms with Crippen LogP contribution in [0.25, 0.3) is 0 Å². The number of likely N-dealkylation sites (N-methyl/N-ethyl adjacent to an activating group) is 1. The van der Waals surface area contributed by atoms with Gasteiger partial charge in [0.2, 0.25) is 0 Å². The van der Waals surface area contributed by atoms with Crippen LogP contribution in [0.5, 0.6) is 5.75 Å². The molecule has 0 aliphatic rings. The summed E-state index contributed by atoms with van der Waals surface area (Å²) in [6.45, 7) is 8.28. The van der Waals surface area contributed by atoms with E-state index in [0.717, 1.165) is 23.7 Å². The van der Waals surface area contributed by atoms with Crippen molar-refractivity contribution >= 4 is 17.8 Å². The van der Waals surface area contributed by atoms with Crippen LogP contribution in [-0.2, 0) is 6.61 Å². The first-order valence-corrected chi connectivity index (χ1v) is 9.28. The summed E-state index contributed by atoms with van der Waals surface area (Å²) in [5.41, 5.74) is 2.66. The first-order chi connectivity index (χ1) is 12.5. The molecule has 0 saturated carbocycles. The number of pyridine rings is 1. The van der Waals surface area contributed by atoms with Gasteiger partial charge in [0.1, 0.15) is 11.8 Å². The number of hydrogen-bond acceptors (Lipinski definition) is 4. The van der Waals surface area contributed by atoms with Gasteiger partial charge in [-0.05, 0) is 26.8 Å². The number of aryl methyl sites for hydroxylation is 1. The lowest BCUT2D eigenvalue weighted by Gasteiger charge is -2.26. The van der Waals surface area contributed by atoms with Crippen LogP contribution in [0.4, 0.5) is 0 Å². The van der Waals surface area contributed by atoms with Gasteiger partial charge >= 0.3 is 0 Å². The van der Waals surface area contributed by atoms with Crippen molar-refractivity contribution in [1.29, 1.82) is 0 Å². The number of aromatic nitrogens is 1. The predicted octanol–water partition coefficient (Wildman–Crippen LogP) is 2.33. The molecule has 26 heavy (non-hydrogen) atoms. The Kier molecular flexibility index (Phi) is 7.57. The highest BCUT2D eigenvalue weighted by molar-refractivity contribution is 6.31. The average molecular weight is 377 g/mol. The molecule has 0 aliphatic heterocycles. The molecule has 0 bridgehead atoms. The van der Waals surface area contributed by atoms with Crippen molar-refractivity contribution < 1.29 is 15.1 Å². The predicted molar refractivity (Wildman–Crippen MR) is 105 cm³/mol. The Hall–Kier alpha value is -1.95. The second kappa shape index (κ2) is 9.67. The molecular weight excluding hydrogens is 350 g/mol. The van der Waals surface area contributed by atoms with Gasteiger partial charge in [-0.25, -0.2) is 0 Å². The van der Waals surface area contributed by atoms with E-state index in [2.05, 4.69) is 23.8 Å². The number of nitrogens with one attached hydrogen (secondary N) is 1. The van der Waals surface area contributed by atoms with Gasteiger partial charge in [-0.3, -0.25) is 9.98 Å². The molecule has 1 atom stereocenters. The van der Waals surface area contributed by atoms with E-state index >= 15 is 0 Å². The monoisotopic (exact) mass is 376 g/mol. The van der Waals surface area contributed by atoms with Crippen LogP contribution in [0.3, 0.4) is 0 Å². The molecule has 0 fully saturated rings. The number of rotatable bonds is 8. The summed E-state index contributed by atoms with van der Waals surface area (Å²) in [7, 11) is 0. The minimum Gasteiger partial charge on any atom is -0.505 e. The third-order valence-corrected chi connectivity index (χ3v) is 5.06. The van der Waals surface area contributed by atoms with Gasteiger partial charge in [-0.2, -0.15) is 0 Å². The number of aliphatic hydroxyl groups excluding tert-OH is 1. The van der Waals surface area contributed by atoms with E-state index in [1.807, 2.05) is 24.3 Å². The highest BCUT2D eigenvalue weighted by Crippen LogP contribution is 2.23. The lowest BCUT2D eigenvalue weighted by Crippen LogP contribution is -3.12. The molecule has 1 aromatic heterocycles. The molecular formula is C20H27ClN3O2+. The number of aromatic hydroxyl groups is 1. The summed E-state index contributed by atoms with van der Waals surface area (Å²) in [4.78, 5) is 10.0. The zero-order chi connectivity index (χ0) is 19.1. The smallest absolute Gasteiger partial charge is 0.145 e. The van der Waals surface area contributed by atoms with Gasteiger partial charge in [-0.15, -0.1) is 0 Å². The fourth-order valence-corrected chi connectivity index (χ4v) is 3.39. The Morgan fingerprint density at radius 3 is 2.58 bits per heavy atom. The van der Waals surface area contributed by atoms with Crippen molar-refractivity contribution in [2.45, 2.75) is 33.4 Å². The Morgan fingerprint density at radius 2 is 1.96 bits per heavy atom. The van der Waals surface area contributed by atoms with E-state index in [-0.39, 0.29) is 18.4 Å². The maximum Gasteiger partial charge on any atom is 0.145 e. The van der Waals surface area contributed by atoms with Crippen molar-refractivity contribution in [1.82, 2.24) is 4.98 Å². The van der Waals surface area contributed by atoms with Gasteiger partial charge in [0, 0.05) is 34.1 Å². The van der Waals surface area contributed by atoms with Crippen LogP contribution >= 0.6 is 11.6 Å². The molecule has 2 aromatic rings. The molecule has 0 amide bonds. The normalized spacial score (nSPS) is 12.8. The molecule has 2 rings (SSSR count). The number of hydrogen-bond donors (Lipinski definition) is 3. The maximum absolute atomic E-state index is 10.2. The first-order valence-electron chi connectivity index (χ1n) is 8.90. The zero-order valence-electron chi connectivity index (χ0n) is 15.5. The average Bonchev–Trinajstić information content (AvgIpc) is 2.65. The highest BCUT2D eigenvalue weighted by Gasteiger charge is 2.23. The molecule has 5 nitrogen and oxygen atoms in total. The molecule has 3 N–H and O–H groups in total. The lowest BCUT2D eigenvalue weighted by molar-refractivity contribution is -0.926. The third kappa shape index (κ3) is 4.61. The second-order valence-electron chi connectivity index (χ2n) is 6.22. The van der Waals surface area contributed by atoms with E-state index in [1.54, 1.807) is 19.3 Å². The topological polar surface area (TPSA) is 70.2 Å². The summed E-state index contributed by atoms with van der Waals surface area (Å²) in [5.74, 6) is 0.0600. The molecule has 0 radical (unpaired) electrons. The fraction of sp³-hybridized carbons (Fsp3) is 0.400. The molecule has 0 spiro atoms. The lowest BCUT2D eigenvalue weighted by atomic mass is 10.0. The second-order valence-corrected chi connectivity index (χ2v) is 6.63. The number of aliphatic hydroxyl groups is 1. The maximum atomic E-state index is 10.2. The Labute approximate surface area is 160 Å². The Bertz CT molecular complexity index is 761. The largest absolute Gasteiger partial charge is 0.505 e. The minimum absolute atomic E-state index is 0.0600. The van der Waals surface area contributed by atoms with Crippen LogP contribution in [0, 0.1) is 6.92 Å². The standard InChI is InChI=1S/C20H26ClN3O2/c1-4-24(5-2)19(16-8-6-7-9-18(16)21)12-22-11-17-15(13-25)10-23-14(3)20(17)26/h6-11,19,25-26H,4-5,12-13H2,1-3H3/p+1/t19-/m0/s1. The summed E-state index contributed by atoms with van der Waals surface area (Å²) in [6, 6.07) is 7.98. The molecule has 6 heteroatoms. The summed E-state index contributed by atoms with van der Waals surface area (Å²) in [6.07, 6.45) is 3.19. The molecule has 0 unspecified atom stereocenters. The fourth-order valence-electron chi connectivity index (χ4n) is 3.12. The number of nitrogens with zero attached hydrogens (tertiary/aromatic N) is 2. The van der Waals surface area contributed by atoms with Crippen LogP contribution in [0.2, 0.25) is 5.02 Å². The Morgan fingerprint density at radius 1 is 1.27 bits per heavy atom. The van der Waals surface area contributed by atoms with Crippen LogP contribution in [0.15, 0.2) is 35.5 Å². The van der Waals surface area contributed by atoms with Gasteiger partial charge in [0.05, 0.1) is 31.9 Å². The zero-order valence-corrected chi connectivity index (χ0v) is 16.3. The number of aliphatic imine (C=N–C) groups is 1. The molecule has 140 valence electrons. The van der Waals surface area contributed by atoms with E-state index in [4.69, 9.17) is 11.6 Å². The molecule has 0 saturated heterocycles. The van der Waals surface area contributed by atoms with E-state index in [1.165, 1.54) is 4.90 Å². The summed E-state index contributed by atoms with van der Waals surface area (Å²) < 4.78 is 0. The van der Waals surface area contributed by atoms with Gasteiger partial charge < -0.3 is 15.1 Å². The minimum atomic E-state index is -0.197. The molecule has 0 aliphatic carbocycles. The van der Waals surface area contributed by atoms with Crippen molar-refractivity contribution in [2.24, 2.45) is 4.99 Å². The van der Waals surface area contributed by atoms with Crippen LogP contribution < -0.4 is 4.90 Å². The molecule has 1 heterocycles. The van der Waals surface area contributed by atoms with Crippen molar-refractivity contribution in [3.05, 3.63) is 57.9 Å². The van der Waals surface area contributed by atoms with E-state index in [0.29, 0.717) is 23.4 Å². The van der Waals surface area contributed by atoms with Gasteiger partial charge in [-0.1, -0.05) is 29.8 Å². The third-order valence-electron chi connectivity index (χ3n) is 4.72. The van der Waals surface area contributed by atoms with Gasteiger partial charge in [0.25, 0.3) is 0 Å². The quantitative estimate of drug-likeness (QED) is 0.619. The van der Waals surface area contributed by atoms with Crippen molar-refractivity contribution in [3.63, 3.8) is 0 Å². The van der Waals surface area contributed by atoms with E-state index in [9.17, 15) is 10.2 Å². The van der Waals surface area contributed by atoms with Crippen LogP contribution in [-0.4, -0.2) is 41.0 Å². The van der Waals surface area contributed by atoms with Crippen molar-refractivity contribution in [2.75, 3.05) is 19.6 Å². The first kappa shape index (κ1) is 20.4. The van der Waals surface area contributed by atoms with E-state index < -0.39 is 0 Å². The van der Waals surface area contributed by atoms with Crippen molar-refractivity contribution in [3.8, 4) is 5.75 Å². The SMILES string of the molecule is CC[NH+](CC)[C@@H](CN=Cc1c(CO)cnc(C)c1O)c1ccccc1Cl. The molecule has 1 aromatic carbocycles. The summed E-state index contributed by atoms with van der Waals surface area (Å²) >= 11 is 6.42. The number of halogens is 1. The van der Waals surface area contributed by atoms with Crippen LogP contribution in [0.1, 0.15) is 42.3 Å². The number of quaternary nitrogens is 1.